The Balaban J connectivity index is 2.43. The van der Waals surface area contributed by atoms with Crippen LogP contribution in [-0.4, -0.2) is 40.7 Å². The average Bonchev–Trinajstić information content (AvgIpc) is 2.77. The number of amides is 2. The van der Waals surface area contributed by atoms with Crippen LogP contribution in [0, 0.1) is 5.92 Å². The Labute approximate surface area is 106 Å². The van der Waals surface area contributed by atoms with Crippen molar-refractivity contribution in [3.63, 3.8) is 0 Å². The number of thioether (sulfide) groups is 1. The molecule has 1 fully saturated rings. The number of aliphatic carboxylic acids is 1. The minimum absolute atomic E-state index is 0.0730. The highest BCUT2D eigenvalue weighted by atomic mass is 32.2. The van der Waals surface area contributed by atoms with Crippen molar-refractivity contribution < 1.29 is 14.7 Å². The lowest BCUT2D eigenvalue weighted by Crippen LogP contribution is -2.51. The molecule has 0 spiro atoms. The second-order valence-corrected chi connectivity index (χ2v) is 5.53. The van der Waals surface area contributed by atoms with Crippen molar-refractivity contribution in [1.82, 2.24) is 10.6 Å². The third-order valence-electron chi connectivity index (χ3n) is 3.03. The van der Waals surface area contributed by atoms with E-state index in [1.165, 1.54) is 0 Å². The maximum Gasteiger partial charge on any atom is 0.326 e. The summed E-state index contributed by atoms with van der Waals surface area (Å²) in [5.74, 6) is 0.916. The summed E-state index contributed by atoms with van der Waals surface area (Å²) >= 11 is 1.80. The number of hydrogen-bond acceptors (Lipinski definition) is 3. The molecule has 2 unspecified atom stereocenters. The number of rotatable bonds is 5. The van der Waals surface area contributed by atoms with Gasteiger partial charge in [-0.2, -0.15) is 11.8 Å². The van der Waals surface area contributed by atoms with Crippen LogP contribution in [-0.2, 0) is 4.79 Å². The molecule has 0 aromatic heterocycles. The lowest BCUT2D eigenvalue weighted by atomic mass is 9.99. The van der Waals surface area contributed by atoms with E-state index in [1.54, 1.807) is 11.8 Å². The molecular formula is C11H20N2O3S. The number of carbonyl (C=O) groups is 2. The molecule has 1 aliphatic heterocycles. The zero-order valence-corrected chi connectivity index (χ0v) is 11.0. The zero-order valence-electron chi connectivity index (χ0n) is 10.2. The number of urea groups is 1. The molecule has 3 atom stereocenters. The van der Waals surface area contributed by atoms with Crippen LogP contribution in [0.2, 0.25) is 0 Å². The summed E-state index contributed by atoms with van der Waals surface area (Å²) in [5, 5.41) is 14.4. The second kappa shape index (κ2) is 6.74. The molecule has 2 amide bonds. The fourth-order valence-electron chi connectivity index (χ4n) is 1.70. The zero-order chi connectivity index (χ0) is 12.8. The van der Waals surface area contributed by atoms with E-state index in [4.69, 9.17) is 5.11 Å². The fourth-order valence-corrected chi connectivity index (χ4v) is 2.85. The van der Waals surface area contributed by atoms with Gasteiger partial charge in [0.05, 0.1) is 0 Å². The number of carboxylic acid groups (broad SMARTS) is 1. The van der Waals surface area contributed by atoms with E-state index in [2.05, 4.69) is 10.6 Å². The number of hydrogen-bond donors (Lipinski definition) is 3. The highest BCUT2D eigenvalue weighted by Crippen LogP contribution is 2.17. The summed E-state index contributed by atoms with van der Waals surface area (Å²) in [4.78, 5) is 22.7. The normalized spacial score (nSPS) is 22.8. The standard InChI is InChI=1S/C11H20N2O3S/c1-3-7(2)9(10(14)15)13-11(16)12-8-4-5-17-6-8/h7-9H,3-6H2,1-2H3,(H,14,15)(H2,12,13,16)/t7?,8?,9-/m0/s1. The van der Waals surface area contributed by atoms with Gasteiger partial charge in [-0.3, -0.25) is 0 Å². The van der Waals surface area contributed by atoms with E-state index in [-0.39, 0.29) is 18.0 Å². The van der Waals surface area contributed by atoms with Gasteiger partial charge in [0.15, 0.2) is 0 Å². The van der Waals surface area contributed by atoms with Gasteiger partial charge in [0.2, 0.25) is 0 Å². The van der Waals surface area contributed by atoms with Crippen molar-refractivity contribution >= 4 is 23.8 Å². The first kappa shape index (κ1) is 14.2. The Morgan fingerprint density at radius 1 is 1.53 bits per heavy atom. The summed E-state index contributed by atoms with van der Waals surface area (Å²) in [6.07, 6.45) is 1.68. The molecule has 98 valence electrons. The Bertz CT molecular complexity index is 280. The molecule has 0 saturated carbocycles. The third-order valence-corrected chi connectivity index (χ3v) is 4.19. The number of nitrogens with one attached hydrogen (secondary N) is 2. The number of carbonyl (C=O) groups excluding carboxylic acids is 1. The predicted octanol–water partition coefficient (Wildman–Crippen LogP) is 1.29. The first-order chi connectivity index (χ1) is 8.04. The SMILES string of the molecule is CCC(C)[C@H](NC(=O)NC1CCSC1)C(=O)O. The van der Waals surface area contributed by atoms with E-state index < -0.39 is 12.0 Å². The van der Waals surface area contributed by atoms with Crippen molar-refractivity contribution in [3.8, 4) is 0 Å². The van der Waals surface area contributed by atoms with Crippen LogP contribution in [0.4, 0.5) is 4.79 Å². The molecular weight excluding hydrogens is 240 g/mol. The Morgan fingerprint density at radius 2 is 2.24 bits per heavy atom. The summed E-state index contributed by atoms with van der Waals surface area (Å²) in [6.45, 7) is 3.73. The van der Waals surface area contributed by atoms with Crippen LogP contribution in [0.15, 0.2) is 0 Å². The summed E-state index contributed by atoms with van der Waals surface area (Å²) in [6, 6.07) is -1.01. The quantitative estimate of drug-likeness (QED) is 0.696. The van der Waals surface area contributed by atoms with E-state index in [0.29, 0.717) is 0 Å². The Hall–Kier alpha value is -0.910. The largest absolute Gasteiger partial charge is 0.480 e. The smallest absolute Gasteiger partial charge is 0.326 e. The van der Waals surface area contributed by atoms with Crippen LogP contribution in [0.25, 0.3) is 0 Å². The molecule has 1 heterocycles. The molecule has 6 heteroatoms. The van der Waals surface area contributed by atoms with E-state index in [0.717, 1.165) is 24.3 Å². The molecule has 1 saturated heterocycles. The van der Waals surface area contributed by atoms with Gasteiger partial charge in [0.25, 0.3) is 0 Å². The molecule has 5 nitrogen and oxygen atoms in total. The molecule has 3 N–H and O–H groups in total. The van der Waals surface area contributed by atoms with Gasteiger partial charge >= 0.3 is 12.0 Å². The van der Waals surface area contributed by atoms with Gasteiger partial charge < -0.3 is 15.7 Å². The van der Waals surface area contributed by atoms with Gasteiger partial charge in [-0.25, -0.2) is 9.59 Å². The van der Waals surface area contributed by atoms with Gasteiger partial charge in [-0.05, 0) is 18.1 Å². The molecule has 1 rings (SSSR count). The van der Waals surface area contributed by atoms with Crippen LogP contribution in [0.3, 0.4) is 0 Å². The molecule has 0 aliphatic carbocycles. The van der Waals surface area contributed by atoms with Crippen molar-refractivity contribution in [2.75, 3.05) is 11.5 Å². The maximum absolute atomic E-state index is 11.6. The summed E-state index contributed by atoms with van der Waals surface area (Å²) in [7, 11) is 0. The van der Waals surface area contributed by atoms with Crippen molar-refractivity contribution in [3.05, 3.63) is 0 Å². The molecule has 0 aromatic rings. The topological polar surface area (TPSA) is 78.4 Å². The Morgan fingerprint density at radius 3 is 2.71 bits per heavy atom. The molecule has 1 aliphatic rings. The van der Waals surface area contributed by atoms with Gasteiger partial charge in [-0.15, -0.1) is 0 Å². The second-order valence-electron chi connectivity index (χ2n) is 4.38. The van der Waals surface area contributed by atoms with Crippen LogP contribution in [0.5, 0.6) is 0 Å². The van der Waals surface area contributed by atoms with Gasteiger partial charge in [-0.1, -0.05) is 20.3 Å². The minimum Gasteiger partial charge on any atom is -0.480 e. The van der Waals surface area contributed by atoms with Crippen molar-refractivity contribution in [1.29, 1.82) is 0 Å². The third kappa shape index (κ3) is 4.46. The lowest BCUT2D eigenvalue weighted by Gasteiger charge is -2.21. The maximum atomic E-state index is 11.6. The fraction of sp³-hybridized carbons (Fsp3) is 0.818. The van der Waals surface area contributed by atoms with Crippen molar-refractivity contribution in [2.45, 2.75) is 38.8 Å². The van der Waals surface area contributed by atoms with E-state index in [1.807, 2.05) is 13.8 Å². The van der Waals surface area contributed by atoms with Gasteiger partial charge in [0.1, 0.15) is 6.04 Å². The highest BCUT2D eigenvalue weighted by Gasteiger charge is 2.26. The lowest BCUT2D eigenvalue weighted by molar-refractivity contribution is -0.140. The molecule has 17 heavy (non-hydrogen) atoms. The molecule has 0 aromatic carbocycles. The number of carboxylic acids is 1. The van der Waals surface area contributed by atoms with Gasteiger partial charge in [0, 0.05) is 11.8 Å². The molecule has 0 bridgehead atoms. The van der Waals surface area contributed by atoms with E-state index in [9.17, 15) is 9.59 Å². The van der Waals surface area contributed by atoms with Crippen LogP contribution < -0.4 is 10.6 Å². The summed E-state index contributed by atoms with van der Waals surface area (Å²) < 4.78 is 0. The molecule has 0 radical (unpaired) electrons. The monoisotopic (exact) mass is 260 g/mol. The van der Waals surface area contributed by atoms with Crippen LogP contribution >= 0.6 is 11.8 Å². The highest BCUT2D eigenvalue weighted by molar-refractivity contribution is 7.99. The Kier molecular flexibility index (Phi) is 5.61. The summed E-state index contributed by atoms with van der Waals surface area (Å²) in [5.41, 5.74) is 0. The minimum atomic E-state index is -0.977. The van der Waals surface area contributed by atoms with Crippen LogP contribution in [0.1, 0.15) is 26.7 Å². The predicted molar refractivity (Wildman–Crippen MR) is 68.3 cm³/mol. The average molecular weight is 260 g/mol. The van der Waals surface area contributed by atoms with Crippen molar-refractivity contribution in [2.24, 2.45) is 5.92 Å². The first-order valence-corrected chi connectivity index (χ1v) is 7.07. The van der Waals surface area contributed by atoms with E-state index >= 15 is 0 Å². The first-order valence-electron chi connectivity index (χ1n) is 5.92.